The molecule has 6 nitrogen and oxygen atoms in total. The van der Waals surface area contributed by atoms with Crippen LogP contribution < -0.4 is 10.1 Å². The first-order chi connectivity index (χ1) is 15.3. The Morgan fingerprint density at radius 2 is 2.12 bits per heavy atom. The normalized spacial score (nSPS) is 17.4. The summed E-state index contributed by atoms with van der Waals surface area (Å²) < 4.78 is 20.9. The number of carbonyl (C=O) groups excluding carboxylic acids is 1. The van der Waals surface area contributed by atoms with Gasteiger partial charge >= 0.3 is 0 Å². The van der Waals surface area contributed by atoms with E-state index in [9.17, 15) is 14.3 Å². The van der Waals surface area contributed by atoms with E-state index in [0.717, 1.165) is 5.56 Å². The zero-order valence-electron chi connectivity index (χ0n) is 16.9. The summed E-state index contributed by atoms with van der Waals surface area (Å²) in [4.78, 5) is 12.6. The number of amides is 1. The predicted octanol–water partition coefficient (Wildman–Crippen LogP) is 4.77. The average Bonchev–Trinajstić information content (AvgIpc) is 3.23. The largest absolute Gasteiger partial charge is 0.480 e. The van der Waals surface area contributed by atoms with Crippen molar-refractivity contribution in [2.24, 2.45) is 0 Å². The smallest absolute Gasteiger partial charge is 0.265 e. The maximum absolute atomic E-state index is 13.7. The summed E-state index contributed by atoms with van der Waals surface area (Å²) in [5.41, 5.74) is 2.53. The summed E-state index contributed by atoms with van der Waals surface area (Å²) >= 11 is 11.7. The lowest BCUT2D eigenvalue weighted by Gasteiger charge is -2.29. The molecule has 0 unspecified atom stereocenters. The number of aromatic nitrogens is 2. The number of ether oxygens (including phenoxy) is 1. The first kappa shape index (κ1) is 22.3. The number of hydrogen-bond acceptors (Lipinski definition) is 4. The van der Waals surface area contributed by atoms with Crippen LogP contribution in [-0.2, 0) is 11.2 Å². The fourth-order valence-corrected chi connectivity index (χ4v) is 3.75. The summed E-state index contributed by atoms with van der Waals surface area (Å²) in [5.74, 6) is -0.454. The Balaban J connectivity index is 1.31. The van der Waals surface area contributed by atoms with Crippen LogP contribution in [0.3, 0.4) is 0 Å². The number of nitrogens with zero attached hydrogens (tertiary/aromatic N) is 2. The van der Waals surface area contributed by atoms with Crippen LogP contribution in [0.25, 0.3) is 5.69 Å². The maximum atomic E-state index is 13.7. The Kier molecular flexibility index (Phi) is 6.50. The molecule has 1 aromatic heterocycles. The monoisotopic (exact) mass is 475 g/mol. The third kappa shape index (κ3) is 4.96. The SMILES string of the molecule is C=C(CCc1cnn(-c2ccc(Cl)c(F)c2)c1)NC(=O)[C@H]1C[C@@H](O)c2cc(Cl)ccc2O1. The molecule has 1 amide bonds. The Morgan fingerprint density at radius 3 is 2.91 bits per heavy atom. The molecule has 0 aliphatic carbocycles. The minimum Gasteiger partial charge on any atom is -0.480 e. The lowest BCUT2D eigenvalue weighted by Crippen LogP contribution is -2.41. The Labute approximate surface area is 194 Å². The Morgan fingerprint density at radius 1 is 1.31 bits per heavy atom. The molecule has 2 N–H and O–H groups in total. The van der Waals surface area contributed by atoms with E-state index in [0.29, 0.717) is 40.6 Å². The molecule has 0 radical (unpaired) electrons. The molecule has 32 heavy (non-hydrogen) atoms. The number of carbonyl (C=O) groups is 1. The Bertz CT molecular complexity index is 1180. The van der Waals surface area contributed by atoms with Gasteiger partial charge in [0.1, 0.15) is 11.6 Å². The first-order valence-corrected chi connectivity index (χ1v) is 10.7. The lowest BCUT2D eigenvalue weighted by atomic mass is 9.98. The number of fused-ring (bicyclic) bond motifs is 1. The van der Waals surface area contributed by atoms with Crippen molar-refractivity contribution in [3.8, 4) is 11.4 Å². The van der Waals surface area contributed by atoms with Crippen LogP contribution in [0.15, 0.2) is 61.1 Å². The third-order valence-corrected chi connectivity index (χ3v) is 5.69. The van der Waals surface area contributed by atoms with Crippen LogP contribution in [-0.4, -0.2) is 26.9 Å². The Hall–Kier alpha value is -2.87. The van der Waals surface area contributed by atoms with Crippen LogP contribution in [0.5, 0.6) is 5.75 Å². The number of aliphatic hydroxyl groups is 1. The number of hydrogen-bond donors (Lipinski definition) is 2. The van der Waals surface area contributed by atoms with Crippen LogP contribution in [0.4, 0.5) is 4.39 Å². The highest BCUT2D eigenvalue weighted by Gasteiger charge is 2.32. The third-order valence-electron chi connectivity index (χ3n) is 5.15. The molecule has 0 fully saturated rings. The van der Waals surface area contributed by atoms with Gasteiger partial charge in [0, 0.05) is 35.0 Å². The fraction of sp³-hybridized carbons (Fsp3) is 0.217. The molecule has 1 aliphatic rings. The van der Waals surface area contributed by atoms with Gasteiger partial charge in [-0.3, -0.25) is 4.79 Å². The van der Waals surface area contributed by atoms with Gasteiger partial charge in [-0.1, -0.05) is 29.8 Å². The van der Waals surface area contributed by atoms with Crippen molar-refractivity contribution in [2.45, 2.75) is 31.5 Å². The zero-order chi connectivity index (χ0) is 22.8. The van der Waals surface area contributed by atoms with Crippen molar-refractivity contribution >= 4 is 29.1 Å². The molecule has 166 valence electrons. The van der Waals surface area contributed by atoms with E-state index in [1.165, 1.54) is 12.1 Å². The van der Waals surface area contributed by atoms with Crippen molar-refractivity contribution in [1.82, 2.24) is 15.1 Å². The quantitative estimate of drug-likeness (QED) is 0.538. The van der Waals surface area contributed by atoms with Gasteiger partial charge in [0.25, 0.3) is 5.91 Å². The van der Waals surface area contributed by atoms with E-state index in [1.54, 1.807) is 41.3 Å². The van der Waals surface area contributed by atoms with E-state index >= 15 is 0 Å². The highest BCUT2D eigenvalue weighted by molar-refractivity contribution is 6.31. The van der Waals surface area contributed by atoms with E-state index < -0.39 is 18.0 Å². The molecule has 4 rings (SSSR count). The summed E-state index contributed by atoms with van der Waals surface area (Å²) in [5, 5.41) is 17.9. The van der Waals surface area contributed by atoms with Gasteiger partial charge in [0.15, 0.2) is 6.10 Å². The van der Waals surface area contributed by atoms with E-state index in [2.05, 4.69) is 17.0 Å². The van der Waals surface area contributed by atoms with Gasteiger partial charge in [0.05, 0.1) is 23.0 Å². The zero-order valence-corrected chi connectivity index (χ0v) is 18.4. The summed E-state index contributed by atoms with van der Waals surface area (Å²) in [6.07, 6.45) is 2.95. The molecule has 0 spiro atoms. The van der Waals surface area contributed by atoms with Crippen molar-refractivity contribution in [3.63, 3.8) is 0 Å². The standard InChI is InChI=1S/C23H20Cl2FN3O3/c1-13(2-3-14-11-27-29(12-14)16-5-6-18(25)19(26)9-16)28-23(31)22-10-20(30)17-8-15(24)4-7-21(17)32-22/h4-9,11-12,20,22,30H,1-3,10H2,(H,28,31)/t20-,22-/m1/s1. The molecule has 2 atom stereocenters. The molecule has 0 saturated carbocycles. The molecular formula is C23H20Cl2FN3O3. The highest BCUT2D eigenvalue weighted by Crippen LogP contribution is 2.36. The second kappa shape index (κ2) is 9.32. The lowest BCUT2D eigenvalue weighted by molar-refractivity contribution is -0.129. The number of aliphatic hydroxyl groups excluding tert-OH is 1. The van der Waals surface area contributed by atoms with Gasteiger partial charge in [-0.2, -0.15) is 5.10 Å². The number of benzene rings is 2. The molecule has 0 saturated heterocycles. The molecule has 1 aliphatic heterocycles. The predicted molar refractivity (Wildman–Crippen MR) is 120 cm³/mol. The fourth-order valence-electron chi connectivity index (χ4n) is 3.45. The van der Waals surface area contributed by atoms with Gasteiger partial charge < -0.3 is 15.2 Å². The molecule has 9 heteroatoms. The molecule has 0 bridgehead atoms. The maximum Gasteiger partial charge on any atom is 0.265 e. The highest BCUT2D eigenvalue weighted by atomic mass is 35.5. The van der Waals surface area contributed by atoms with Gasteiger partial charge in [-0.15, -0.1) is 0 Å². The van der Waals surface area contributed by atoms with E-state index in [4.69, 9.17) is 27.9 Å². The van der Waals surface area contributed by atoms with Gasteiger partial charge in [-0.25, -0.2) is 9.07 Å². The van der Waals surface area contributed by atoms with Gasteiger partial charge in [0.2, 0.25) is 0 Å². The number of aryl methyl sites for hydroxylation is 1. The van der Waals surface area contributed by atoms with Crippen molar-refractivity contribution in [2.75, 3.05) is 0 Å². The number of nitrogens with one attached hydrogen (secondary N) is 1. The summed E-state index contributed by atoms with van der Waals surface area (Å²) in [6.45, 7) is 3.91. The van der Waals surface area contributed by atoms with E-state index in [-0.39, 0.29) is 17.4 Å². The average molecular weight is 476 g/mol. The van der Waals surface area contributed by atoms with Crippen molar-refractivity contribution < 1.29 is 19.0 Å². The second-order valence-corrected chi connectivity index (χ2v) is 8.37. The summed E-state index contributed by atoms with van der Waals surface area (Å²) in [6, 6.07) is 9.37. The van der Waals surface area contributed by atoms with Crippen molar-refractivity contribution in [1.29, 1.82) is 0 Å². The second-order valence-electron chi connectivity index (χ2n) is 7.52. The van der Waals surface area contributed by atoms with Crippen LogP contribution in [0, 0.1) is 5.82 Å². The summed E-state index contributed by atoms with van der Waals surface area (Å²) in [7, 11) is 0. The van der Waals surface area contributed by atoms with Crippen molar-refractivity contribution in [3.05, 3.63) is 88.1 Å². The molecular weight excluding hydrogens is 456 g/mol. The minimum atomic E-state index is -0.843. The number of rotatable bonds is 6. The first-order valence-electron chi connectivity index (χ1n) is 9.92. The van der Waals surface area contributed by atoms with Crippen LogP contribution in [0.2, 0.25) is 10.0 Å². The minimum absolute atomic E-state index is 0.0509. The van der Waals surface area contributed by atoms with E-state index in [1.807, 2.05) is 0 Å². The topological polar surface area (TPSA) is 76.4 Å². The van der Waals surface area contributed by atoms with Gasteiger partial charge in [-0.05, 0) is 48.7 Å². The molecule has 2 aromatic carbocycles. The van der Waals surface area contributed by atoms with Crippen LogP contribution >= 0.6 is 23.2 Å². The number of allylic oxidation sites excluding steroid dienone is 1. The van der Waals surface area contributed by atoms with Crippen LogP contribution in [0.1, 0.15) is 30.1 Å². The number of halogens is 3. The molecule has 2 heterocycles. The molecule has 3 aromatic rings.